The summed E-state index contributed by atoms with van der Waals surface area (Å²) < 4.78 is 0. The summed E-state index contributed by atoms with van der Waals surface area (Å²) in [6.45, 7) is 0. The molecule has 0 heterocycles. The van der Waals surface area contributed by atoms with Gasteiger partial charge < -0.3 is 15.5 Å². The molecule has 0 radical (unpaired) electrons. The van der Waals surface area contributed by atoms with Crippen LogP contribution in [0.15, 0.2) is 42.5 Å². The fraction of sp³-hybridized carbons (Fsp3) is 0. The summed E-state index contributed by atoms with van der Waals surface area (Å²) in [7, 11) is 0. The second kappa shape index (κ2) is 5.75. The smallest absolute Gasteiger partial charge is 0.335 e. The van der Waals surface area contributed by atoms with Gasteiger partial charge in [0.05, 0.1) is 22.9 Å². The Hall–Kier alpha value is -3.33. The van der Waals surface area contributed by atoms with E-state index in [9.17, 15) is 14.7 Å². The number of nitriles is 1. The van der Waals surface area contributed by atoms with Crippen LogP contribution in [0.25, 0.3) is 0 Å². The first kappa shape index (κ1) is 14.1. The maximum atomic E-state index is 12.0. The van der Waals surface area contributed by atoms with Crippen LogP contribution in [0.1, 0.15) is 26.3 Å². The normalized spacial score (nSPS) is 9.67. The minimum Gasteiger partial charge on any atom is -0.506 e. The molecule has 6 heteroatoms. The third kappa shape index (κ3) is 3.16. The number of aromatic hydroxyl groups is 1. The van der Waals surface area contributed by atoms with Crippen molar-refractivity contribution in [1.29, 1.82) is 5.26 Å². The second-order valence-electron chi connectivity index (χ2n) is 4.18. The second-order valence-corrected chi connectivity index (χ2v) is 4.18. The molecule has 2 rings (SSSR count). The van der Waals surface area contributed by atoms with Crippen molar-refractivity contribution in [2.45, 2.75) is 0 Å². The van der Waals surface area contributed by atoms with Gasteiger partial charge in [0.15, 0.2) is 0 Å². The van der Waals surface area contributed by atoms with Crippen molar-refractivity contribution in [2.24, 2.45) is 0 Å². The highest BCUT2D eigenvalue weighted by Gasteiger charge is 2.12. The van der Waals surface area contributed by atoms with Crippen molar-refractivity contribution in [3.63, 3.8) is 0 Å². The summed E-state index contributed by atoms with van der Waals surface area (Å²) in [6, 6.07) is 11.6. The maximum absolute atomic E-state index is 12.0. The van der Waals surface area contributed by atoms with Gasteiger partial charge in [-0.05, 0) is 36.4 Å². The third-order valence-electron chi connectivity index (χ3n) is 2.75. The summed E-state index contributed by atoms with van der Waals surface area (Å²) in [4.78, 5) is 22.8. The van der Waals surface area contributed by atoms with Crippen LogP contribution >= 0.6 is 0 Å². The molecule has 1 amide bonds. The number of carbonyl (C=O) groups is 2. The molecule has 104 valence electrons. The molecular weight excluding hydrogens is 272 g/mol. The number of rotatable bonds is 3. The molecule has 0 saturated carbocycles. The molecule has 6 nitrogen and oxygen atoms in total. The zero-order valence-electron chi connectivity index (χ0n) is 10.7. The molecule has 21 heavy (non-hydrogen) atoms. The van der Waals surface area contributed by atoms with E-state index < -0.39 is 11.9 Å². The molecule has 2 aromatic carbocycles. The Balaban J connectivity index is 2.23. The molecule has 0 aromatic heterocycles. The molecule has 0 bridgehead atoms. The van der Waals surface area contributed by atoms with E-state index in [0.29, 0.717) is 5.56 Å². The monoisotopic (exact) mass is 282 g/mol. The van der Waals surface area contributed by atoms with Crippen LogP contribution in [0, 0.1) is 11.3 Å². The average Bonchev–Trinajstić information content (AvgIpc) is 2.49. The SMILES string of the molecule is N#Cc1cccc(C(=O)Nc2ccc(C(=O)O)cc2O)c1. The molecule has 0 atom stereocenters. The summed E-state index contributed by atoms with van der Waals surface area (Å²) >= 11 is 0. The molecule has 0 aliphatic carbocycles. The van der Waals surface area contributed by atoms with E-state index in [2.05, 4.69) is 5.32 Å². The number of phenolic OH excluding ortho intramolecular Hbond substituents is 1. The van der Waals surface area contributed by atoms with Crippen molar-refractivity contribution >= 4 is 17.6 Å². The molecular formula is C15H10N2O4. The fourth-order valence-corrected chi connectivity index (χ4v) is 1.69. The van der Waals surface area contributed by atoms with Crippen LogP contribution in [-0.4, -0.2) is 22.1 Å². The number of nitrogens with zero attached hydrogens (tertiary/aromatic N) is 1. The zero-order chi connectivity index (χ0) is 15.4. The van der Waals surface area contributed by atoms with Crippen LogP contribution < -0.4 is 5.32 Å². The molecule has 0 unspecified atom stereocenters. The number of phenols is 1. The van der Waals surface area contributed by atoms with Gasteiger partial charge >= 0.3 is 5.97 Å². The van der Waals surface area contributed by atoms with Crippen LogP contribution in [0.5, 0.6) is 5.75 Å². The van der Waals surface area contributed by atoms with Gasteiger partial charge in [-0.15, -0.1) is 0 Å². The number of carboxylic acid groups (broad SMARTS) is 1. The van der Waals surface area contributed by atoms with E-state index in [1.165, 1.54) is 24.3 Å². The predicted octanol–water partition coefficient (Wildman–Crippen LogP) is 2.21. The van der Waals surface area contributed by atoms with E-state index in [1.807, 2.05) is 6.07 Å². The lowest BCUT2D eigenvalue weighted by atomic mass is 10.1. The van der Waals surface area contributed by atoms with E-state index in [1.54, 1.807) is 12.1 Å². The van der Waals surface area contributed by atoms with Gasteiger partial charge in [-0.3, -0.25) is 4.79 Å². The van der Waals surface area contributed by atoms with Crippen LogP contribution in [0.4, 0.5) is 5.69 Å². The molecule has 0 aliphatic heterocycles. The van der Waals surface area contributed by atoms with E-state index in [4.69, 9.17) is 10.4 Å². The van der Waals surface area contributed by atoms with Crippen molar-refractivity contribution in [2.75, 3.05) is 5.32 Å². The highest BCUT2D eigenvalue weighted by molar-refractivity contribution is 6.05. The Bertz CT molecular complexity index is 763. The molecule has 0 saturated heterocycles. The van der Waals surface area contributed by atoms with Crippen LogP contribution in [0.3, 0.4) is 0 Å². The van der Waals surface area contributed by atoms with Gasteiger partial charge in [-0.1, -0.05) is 6.07 Å². The predicted molar refractivity (Wildman–Crippen MR) is 74.2 cm³/mol. The highest BCUT2D eigenvalue weighted by Crippen LogP contribution is 2.25. The lowest BCUT2D eigenvalue weighted by Crippen LogP contribution is -2.12. The Labute approximate surface area is 119 Å². The van der Waals surface area contributed by atoms with Gasteiger partial charge in [0, 0.05) is 5.56 Å². The summed E-state index contributed by atoms with van der Waals surface area (Å²) in [5.41, 5.74) is 0.605. The standard InChI is InChI=1S/C15H10N2O4/c16-8-9-2-1-3-10(6-9)14(19)17-12-5-4-11(15(20)21)7-13(12)18/h1-7,18H,(H,17,19)(H,20,21). The van der Waals surface area contributed by atoms with Gasteiger partial charge in [-0.25, -0.2) is 4.79 Å². The van der Waals surface area contributed by atoms with Crippen LogP contribution in [0.2, 0.25) is 0 Å². The van der Waals surface area contributed by atoms with E-state index in [0.717, 1.165) is 6.07 Å². The van der Waals surface area contributed by atoms with Gasteiger partial charge in [0.25, 0.3) is 5.91 Å². The van der Waals surface area contributed by atoms with Gasteiger partial charge in [0.1, 0.15) is 5.75 Å². The zero-order valence-corrected chi connectivity index (χ0v) is 10.7. The maximum Gasteiger partial charge on any atom is 0.335 e. The van der Waals surface area contributed by atoms with Crippen molar-refractivity contribution in [3.8, 4) is 11.8 Å². The summed E-state index contributed by atoms with van der Waals surface area (Å²) in [6.07, 6.45) is 0. The molecule has 2 aromatic rings. The Morgan fingerprint density at radius 3 is 2.48 bits per heavy atom. The number of hydrogen-bond acceptors (Lipinski definition) is 4. The van der Waals surface area contributed by atoms with Gasteiger partial charge in [0.2, 0.25) is 0 Å². The molecule has 0 spiro atoms. The van der Waals surface area contributed by atoms with E-state index >= 15 is 0 Å². The Morgan fingerprint density at radius 1 is 1.10 bits per heavy atom. The number of benzene rings is 2. The average molecular weight is 282 g/mol. The molecule has 0 fully saturated rings. The van der Waals surface area contributed by atoms with Crippen molar-refractivity contribution in [3.05, 3.63) is 59.2 Å². The van der Waals surface area contributed by atoms with Crippen LogP contribution in [-0.2, 0) is 0 Å². The first-order valence-electron chi connectivity index (χ1n) is 5.89. The lowest BCUT2D eigenvalue weighted by Gasteiger charge is -2.08. The topological polar surface area (TPSA) is 110 Å². The molecule has 3 N–H and O–H groups in total. The first-order chi connectivity index (χ1) is 10.0. The lowest BCUT2D eigenvalue weighted by molar-refractivity contribution is 0.0696. The molecule has 0 aliphatic rings. The highest BCUT2D eigenvalue weighted by atomic mass is 16.4. The number of aromatic carboxylic acids is 1. The first-order valence-corrected chi connectivity index (χ1v) is 5.89. The Morgan fingerprint density at radius 2 is 1.86 bits per heavy atom. The number of amides is 1. The minimum atomic E-state index is -1.18. The third-order valence-corrected chi connectivity index (χ3v) is 2.75. The largest absolute Gasteiger partial charge is 0.506 e. The number of carboxylic acids is 1. The van der Waals surface area contributed by atoms with Gasteiger partial charge in [-0.2, -0.15) is 5.26 Å². The van der Waals surface area contributed by atoms with E-state index in [-0.39, 0.29) is 22.6 Å². The summed E-state index contributed by atoms with van der Waals surface area (Å²) in [5, 5.41) is 29.7. The number of hydrogen-bond donors (Lipinski definition) is 3. The number of carbonyl (C=O) groups excluding carboxylic acids is 1. The summed E-state index contributed by atoms with van der Waals surface area (Å²) in [5.74, 6) is -2.03. The number of anilines is 1. The van der Waals surface area contributed by atoms with Crippen molar-refractivity contribution in [1.82, 2.24) is 0 Å². The minimum absolute atomic E-state index is 0.0861. The fourth-order valence-electron chi connectivity index (χ4n) is 1.69. The van der Waals surface area contributed by atoms with Crippen molar-refractivity contribution < 1.29 is 19.8 Å². The number of nitrogens with one attached hydrogen (secondary N) is 1. The Kier molecular flexibility index (Phi) is 3.86. The quantitative estimate of drug-likeness (QED) is 0.747.